The highest BCUT2D eigenvalue weighted by Crippen LogP contribution is 2.30. The van der Waals surface area contributed by atoms with Crippen molar-refractivity contribution in [3.8, 4) is 5.75 Å². The zero-order valence-electron chi connectivity index (χ0n) is 24.9. The van der Waals surface area contributed by atoms with Crippen LogP contribution in [0.5, 0.6) is 5.75 Å². The molecular formula is C32H47N3O5. The molecule has 0 spiro atoms. The van der Waals surface area contributed by atoms with Crippen molar-refractivity contribution in [2.45, 2.75) is 104 Å². The molecule has 220 valence electrons. The maximum atomic E-state index is 14.4. The zero-order chi connectivity index (χ0) is 29.7. The third kappa shape index (κ3) is 10.9. The van der Waals surface area contributed by atoms with Gasteiger partial charge in [0.05, 0.1) is 0 Å². The smallest absolute Gasteiger partial charge is 0.408 e. The summed E-state index contributed by atoms with van der Waals surface area (Å²) < 4.78 is 5.49. The molecule has 2 atom stereocenters. The Morgan fingerprint density at radius 3 is 2.12 bits per heavy atom. The number of nitrogens with zero attached hydrogens (tertiary/aromatic N) is 1. The van der Waals surface area contributed by atoms with E-state index in [1.54, 1.807) is 39.0 Å². The number of carbonyl (C=O) groups is 3. The third-order valence-corrected chi connectivity index (χ3v) is 6.28. The lowest BCUT2D eigenvalue weighted by Crippen LogP contribution is -2.54. The van der Waals surface area contributed by atoms with Gasteiger partial charge in [-0.1, -0.05) is 81.1 Å². The highest BCUT2D eigenvalue weighted by atomic mass is 16.6. The second kappa shape index (κ2) is 15.9. The second-order valence-electron chi connectivity index (χ2n) is 11.5. The molecule has 3 amide bonds. The maximum Gasteiger partial charge on any atom is 0.408 e. The Balaban J connectivity index is 2.53. The van der Waals surface area contributed by atoms with Crippen molar-refractivity contribution in [1.29, 1.82) is 0 Å². The van der Waals surface area contributed by atoms with Gasteiger partial charge in [-0.05, 0) is 52.7 Å². The number of para-hydroxylation sites is 1. The Morgan fingerprint density at radius 1 is 0.900 bits per heavy atom. The summed E-state index contributed by atoms with van der Waals surface area (Å²) in [5, 5.41) is 16.5. The van der Waals surface area contributed by atoms with Gasteiger partial charge in [0.25, 0.3) is 0 Å². The van der Waals surface area contributed by atoms with Crippen molar-refractivity contribution in [3.63, 3.8) is 0 Å². The van der Waals surface area contributed by atoms with E-state index in [1.165, 1.54) is 11.0 Å². The summed E-state index contributed by atoms with van der Waals surface area (Å²) in [6.45, 7) is 11.4. The monoisotopic (exact) mass is 553 g/mol. The Hall–Kier alpha value is -3.55. The molecule has 0 aliphatic rings. The third-order valence-electron chi connectivity index (χ3n) is 6.28. The van der Waals surface area contributed by atoms with Gasteiger partial charge in [0.2, 0.25) is 11.8 Å². The highest BCUT2D eigenvalue weighted by molar-refractivity contribution is 5.92. The van der Waals surface area contributed by atoms with Gasteiger partial charge in [-0.3, -0.25) is 9.59 Å². The van der Waals surface area contributed by atoms with Crippen LogP contribution in [0, 0.1) is 0 Å². The van der Waals surface area contributed by atoms with E-state index in [4.69, 9.17) is 4.74 Å². The normalized spacial score (nSPS) is 12.9. The summed E-state index contributed by atoms with van der Waals surface area (Å²) in [6, 6.07) is 13.7. The van der Waals surface area contributed by atoms with E-state index < -0.39 is 35.6 Å². The van der Waals surface area contributed by atoms with E-state index in [9.17, 15) is 19.5 Å². The average Bonchev–Trinajstić information content (AvgIpc) is 2.87. The van der Waals surface area contributed by atoms with E-state index >= 15 is 0 Å². The second-order valence-corrected chi connectivity index (χ2v) is 11.5. The van der Waals surface area contributed by atoms with Crippen molar-refractivity contribution in [2.75, 3.05) is 6.54 Å². The van der Waals surface area contributed by atoms with Crippen molar-refractivity contribution in [2.24, 2.45) is 0 Å². The lowest BCUT2D eigenvalue weighted by molar-refractivity contribution is -0.142. The summed E-state index contributed by atoms with van der Waals surface area (Å²) >= 11 is 0. The van der Waals surface area contributed by atoms with Gasteiger partial charge in [-0.2, -0.15) is 0 Å². The molecule has 3 N–H and O–H groups in total. The molecule has 0 radical (unpaired) electrons. The van der Waals surface area contributed by atoms with E-state index in [0.717, 1.165) is 31.2 Å². The fourth-order valence-corrected chi connectivity index (χ4v) is 4.48. The van der Waals surface area contributed by atoms with E-state index in [1.807, 2.05) is 44.2 Å². The molecule has 0 saturated carbocycles. The molecule has 2 rings (SSSR count). The van der Waals surface area contributed by atoms with Crippen molar-refractivity contribution < 1.29 is 24.2 Å². The molecule has 0 aliphatic carbocycles. The fourth-order valence-electron chi connectivity index (χ4n) is 4.48. The number of nitrogens with one attached hydrogen (secondary N) is 2. The van der Waals surface area contributed by atoms with Crippen LogP contribution in [0.25, 0.3) is 0 Å². The predicted octanol–water partition coefficient (Wildman–Crippen LogP) is 5.89. The number of alkyl carbamates (subject to hydrolysis) is 1. The first-order valence-corrected chi connectivity index (χ1v) is 14.3. The number of unbranched alkanes of at least 4 members (excludes halogenated alkanes) is 4. The number of carbonyl (C=O) groups excluding carboxylic acids is 3. The number of phenols is 1. The van der Waals surface area contributed by atoms with Crippen LogP contribution < -0.4 is 10.6 Å². The first-order valence-electron chi connectivity index (χ1n) is 14.3. The number of hydrogen-bond donors (Lipinski definition) is 3. The number of phenolic OH excluding ortho intramolecular Hbond substituents is 1. The minimum absolute atomic E-state index is 0.0742. The molecule has 2 aromatic carbocycles. The molecule has 2 unspecified atom stereocenters. The molecule has 0 aliphatic heterocycles. The van der Waals surface area contributed by atoms with Gasteiger partial charge in [0.1, 0.15) is 23.4 Å². The van der Waals surface area contributed by atoms with Gasteiger partial charge < -0.3 is 25.4 Å². The zero-order valence-corrected chi connectivity index (χ0v) is 24.9. The van der Waals surface area contributed by atoms with Gasteiger partial charge in [-0.25, -0.2) is 4.79 Å². The minimum atomic E-state index is -1.08. The fraction of sp³-hybridized carbons (Fsp3) is 0.531. The number of aromatic hydroxyl groups is 1. The summed E-state index contributed by atoms with van der Waals surface area (Å²) in [7, 11) is 0. The Labute approximate surface area is 239 Å². The number of rotatable bonds is 14. The Morgan fingerprint density at radius 2 is 1.52 bits per heavy atom. The number of ether oxygens (including phenoxy) is 1. The van der Waals surface area contributed by atoms with Crippen LogP contribution in [0.2, 0.25) is 0 Å². The molecular weight excluding hydrogens is 506 g/mol. The molecule has 0 heterocycles. The van der Waals surface area contributed by atoms with E-state index in [-0.39, 0.29) is 24.8 Å². The summed E-state index contributed by atoms with van der Waals surface area (Å²) in [6.07, 6.45) is 4.25. The summed E-state index contributed by atoms with van der Waals surface area (Å²) in [4.78, 5) is 42.4. The van der Waals surface area contributed by atoms with Crippen molar-refractivity contribution in [1.82, 2.24) is 15.5 Å². The maximum absolute atomic E-state index is 14.4. The van der Waals surface area contributed by atoms with Gasteiger partial charge in [0.15, 0.2) is 0 Å². The van der Waals surface area contributed by atoms with E-state index in [0.29, 0.717) is 12.0 Å². The number of amides is 3. The Kier molecular flexibility index (Phi) is 13.0. The standard InChI is InChI=1S/C32H47N3O5/c1-7-8-9-10-16-21-35(28(29(37)33-23(2)3)25-19-14-15-20-27(25)36)30(38)26(22-24-17-12-11-13-18-24)34-31(39)40-32(4,5)6/h11-15,17-20,23,26,28,36H,7-10,16,21-22H2,1-6H3,(H,33,37)(H,34,39). The lowest BCUT2D eigenvalue weighted by Gasteiger charge is -2.35. The molecule has 2 aromatic rings. The molecule has 0 aromatic heterocycles. The predicted molar refractivity (Wildman–Crippen MR) is 158 cm³/mol. The van der Waals surface area contributed by atoms with Crippen LogP contribution in [0.4, 0.5) is 4.79 Å². The first-order chi connectivity index (χ1) is 18.9. The van der Waals surface area contributed by atoms with Gasteiger partial charge >= 0.3 is 6.09 Å². The number of hydrogen-bond acceptors (Lipinski definition) is 5. The van der Waals surface area contributed by atoms with Crippen LogP contribution in [-0.4, -0.2) is 52.1 Å². The summed E-state index contributed by atoms with van der Waals surface area (Å²) in [5.74, 6) is -0.888. The quantitative estimate of drug-likeness (QED) is 0.253. The average molecular weight is 554 g/mol. The molecule has 8 nitrogen and oxygen atoms in total. The summed E-state index contributed by atoms with van der Waals surface area (Å²) in [5.41, 5.74) is 0.433. The Bertz CT molecular complexity index is 1080. The van der Waals surface area contributed by atoms with E-state index in [2.05, 4.69) is 17.6 Å². The van der Waals surface area contributed by atoms with Gasteiger partial charge in [0, 0.05) is 24.6 Å². The van der Waals surface area contributed by atoms with Crippen molar-refractivity contribution in [3.05, 3.63) is 65.7 Å². The molecule has 40 heavy (non-hydrogen) atoms. The van der Waals surface area contributed by atoms with Crippen LogP contribution in [0.1, 0.15) is 90.8 Å². The molecule has 8 heteroatoms. The SMILES string of the molecule is CCCCCCCN(C(=O)C(Cc1ccccc1)NC(=O)OC(C)(C)C)C(C(=O)NC(C)C)c1ccccc1O. The number of benzene rings is 2. The first kappa shape index (κ1) is 32.7. The molecule has 0 bridgehead atoms. The van der Waals surface area contributed by atoms with Crippen LogP contribution in [0.15, 0.2) is 54.6 Å². The highest BCUT2D eigenvalue weighted by Gasteiger charge is 2.37. The minimum Gasteiger partial charge on any atom is -0.508 e. The van der Waals surface area contributed by atoms with Crippen LogP contribution in [-0.2, 0) is 20.7 Å². The molecule has 0 saturated heterocycles. The largest absolute Gasteiger partial charge is 0.508 e. The lowest BCUT2D eigenvalue weighted by atomic mass is 9.98. The van der Waals surface area contributed by atoms with Gasteiger partial charge in [-0.15, -0.1) is 0 Å². The van der Waals surface area contributed by atoms with Crippen LogP contribution in [0.3, 0.4) is 0 Å². The molecule has 0 fully saturated rings. The topological polar surface area (TPSA) is 108 Å². The van der Waals surface area contributed by atoms with Crippen LogP contribution >= 0.6 is 0 Å². The van der Waals surface area contributed by atoms with Crippen molar-refractivity contribution >= 4 is 17.9 Å².